The van der Waals surface area contributed by atoms with Crippen molar-refractivity contribution in [2.75, 3.05) is 19.6 Å². The molecular formula is C21H35NO. The van der Waals surface area contributed by atoms with E-state index in [9.17, 15) is 0 Å². The van der Waals surface area contributed by atoms with Crippen LogP contribution in [0.1, 0.15) is 59.1 Å². The average Bonchev–Trinajstić information content (AvgIpc) is 2.46. The van der Waals surface area contributed by atoms with Crippen LogP contribution in [0.4, 0.5) is 0 Å². The van der Waals surface area contributed by atoms with Crippen molar-refractivity contribution in [3.63, 3.8) is 0 Å². The number of hydrogen-bond donors (Lipinski definition) is 0. The first kappa shape index (κ1) is 18.5. The highest BCUT2D eigenvalue weighted by Crippen LogP contribution is 2.27. The number of rotatable bonds is 6. The molecule has 2 heteroatoms. The van der Waals surface area contributed by atoms with Crippen LogP contribution in [-0.4, -0.2) is 36.7 Å². The molecule has 0 bridgehead atoms. The Balaban J connectivity index is 1.89. The number of morpholine rings is 1. The van der Waals surface area contributed by atoms with Crippen molar-refractivity contribution in [1.29, 1.82) is 0 Å². The molecule has 1 aromatic rings. The fraction of sp³-hybridized carbons (Fsp3) is 0.714. The monoisotopic (exact) mass is 317 g/mol. The molecule has 130 valence electrons. The first-order valence-electron chi connectivity index (χ1n) is 9.27. The standard InChI is InChI=1S/C21H35NO/c1-7-21(5,6)20-10-8-19(9-11-20)12-16(2)13-22-14-17(3)23-18(4)15-22/h8-11,16-18H,7,12-15H2,1-6H3/t16?,17-,18-/m1/s1. The summed E-state index contributed by atoms with van der Waals surface area (Å²) in [7, 11) is 0. The molecule has 0 spiro atoms. The highest BCUT2D eigenvalue weighted by Gasteiger charge is 2.23. The molecule has 0 amide bonds. The van der Waals surface area contributed by atoms with Crippen LogP contribution < -0.4 is 0 Å². The van der Waals surface area contributed by atoms with Gasteiger partial charge in [-0.05, 0) is 49.1 Å². The van der Waals surface area contributed by atoms with E-state index in [1.807, 2.05) is 0 Å². The molecule has 0 saturated carbocycles. The van der Waals surface area contributed by atoms with E-state index in [2.05, 4.69) is 70.7 Å². The molecule has 1 aliphatic rings. The van der Waals surface area contributed by atoms with E-state index in [4.69, 9.17) is 4.74 Å². The van der Waals surface area contributed by atoms with Crippen LogP contribution in [-0.2, 0) is 16.6 Å². The summed E-state index contributed by atoms with van der Waals surface area (Å²) < 4.78 is 5.83. The van der Waals surface area contributed by atoms with E-state index >= 15 is 0 Å². The van der Waals surface area contributed by atoms with Gasteiger partial charge >= 0.3 is 0 Å². The second-order valence-corrected chi connectivity index (χ2v) is 8.22. The van der Waals surface area contributed by atoms with E-state index in [1.165, 1.54) is 24.1 Å². The summed E-state index contributed by atoms with van der Waals surface area (Å²) in [6.45, 7) is 17.0. The van der Waals surface area contributed by atoms with Crippen LogP contribution in [0.5, 0.6) is 0 Å². The van der Waals surface area contributed by atoms with Crippen LogP contribution in [0.3, 0.4) is 0 Å². The zero-order valence-corrected chi connectivity index (χ0v) is 15.9. The predicted octanol–water partition coefficient (Wildman–Crippen LogP) is 4.66. The molecule has 1 saturated heterocycles. The van der Waals surface area contributed by atoms with E-state index in [-0.39, 0.29) is 5.41 Å². The molecule has 3 atom stereocenters. The minimum atomic E-state index is 0.282. The normalized spacial score (nSPS) is 24.6. The van der Waals surface area contributed by atoms with Crippen molar-refractivity contribution in [3.05, 3.63) is 35.4 Å². The van der Waals surface area contributed by atoms with E-state index < -0.39 is 0 Å². The number of hydrogen-bond acceptors (Lipinski definition) is 2. The summed E-state index contributed by atoms with van der Waals surface area (Å²) >= 11 is 0. The molecular weight excluding hydrogens is 282 g/mol. The number of ether oxygens (including phenoxy) is 1. The Morgan fingerprint density at radius 1 is 1.13 bits per heavy atom. The Kier molecular flexibility index (Phi) is 6.27. The quantitative estimate of drug-likeness (QED) is 0.756. The smallest absolute Gasteiger partial charge is 0.0678 e. The van der Waals surface area contributed by atoms with Crippen molar-refractivity contribution in [2.45, 2.75) is 72.0 Å². The Bertz CT molecular complexity index is 469. The summed E-state index contributed by atoms with van der Waals surface area (Å²) in [5.74, 6) is 0.678. The highest BCUT2D eigenvalue weighted by molar-refractivity contribution is 5.28. The van der Waals surface area contributed by atoms with Crippen LogP contribution in [0.25, 0.3) is 0 Å². The molecule has 0 N–H and O–H groups in total. The maximum absolute atomic E-state index is 5.83. The number of nitrogens with zero attached hydrogens (tertiary/aromatic N) is 1. The van der Waals surface area contributed by atoms with Gasteiger partial charge in [-0.15, -0.1) is 0 Å². The summed E-state index contributed by atoms with van der Waals surface area (Å²) in [5.41, 5.74) is 3.19. The zero-order chi connectivity index (χ0) is 17.0. The van der Waals surface area contributed by atoms with Gasteiger partial charge in [-0.1, -0.05) is 52.0 Å². The van der Waals surface area contributed by atoms with Gasteiger partial charge in [0.2, 0.25) is 0 Å². The minimum Gasteiger partial charge on any atom is -0.373 e. The van der Waals surface area contributed by atoms with Crippen molar-refractivity contribution in [1.82, 2.24) is 4.90 Å². The molecule has 2 nitrogen and oxygen atoms in total. The maximum Gasteiger partial charge on any atom is 0.0678 e. The van der Waals surface area contributed by atoms with Crippen molar-refractivity contribution in [3.8, 4) is 0 Å². The summed E-state index contributed by atoms with van der Waals surface area (Å²) in [6.07, 6.45) is 3.06. The Morgan fingerprint density at radius 2 is 1.70 bits per heavy atom. The second-order valence-electron chi connectivity index (χ2n) is 8.22. The second kappa shape index (κ2) is 7.81. The minimum absolute atomic E-state index is 0.282. The first-order valence-corrected chi connectivity index (χ1v) is 9.27. The summed E-state index contributed by atoms with van der Waals surface area (Å²) in [5, 5.41) is 0. The maximum atomic E-state index is 5.83. The van der Waals surface area contributed by atoms with Crippen molar-refractivity contribution < 1.29 is 4.74 Å². The van der Waals surface area contributed by atoms with Gasteiger partial charge in [-0.2, -0.15) is 0 Å². The Hall–Kier alpha value is -0.860. The Labute approximate surface area is 143 Å². The largest absolute Gasteiger partial charge is 0.373 e. The van der Waals surface area contributed by atoms with Crippen LogP contribution in [0.15, 0.2) is 24.3 Å². The summed E-state index contributed by atoms with van der Waals surface area (Å²) in [6, 6.07) is 9.30. The van der Waals surface area contributed by atoms with E-state index in [0.29, 0.717) is 18.1 Å². The van der Waals surface area contributed by atoms with Gasteiger partial charge in [0.25, 0.3) is 0 Å². The van der Waals surface area contributed by atoms with Gasteiger partial charge in [0.05, 0.1) is 12.2 Å². The topological polar surface area (TPSA) is 12.5 Å². The number of benzene rings is 1. The fourth-order valence-electron chi connectivity index (χ4n) is 3.64. The summed E-state index contributed by atoms with van der Waals surface area (Å²) in [4.78, 5) is 2.57. The van der Waals surface area contributed by atoms with Crippen LogP contribution >= 0.6 is 0 Å². The Morgan fingerprint density at radius 3 is 2.22 bits per heavy atom. The zero-order valence-electron chi connectivity index (χ0n) is 15.9. The lowest BCUT2D eigenvalue weighted by molar-refractivity contribution is -0.0708. The highest BCUT2D eigenvalue weighted by atomic mass is 16.5. The molecule has 1 aliphatic heterocycles. The van der Waals surface area contributed by atoms with Gasteiger partial charge in [-0.3, -0.25) is 4.90 Å². The van der Waals surface area contributed by atoms with Gasteiger partial charge in [0, 0.05) is 19.6 Å². The SMILES string of the molecule is CCC(C)(C)c1ccc(CC(C)CN2C[C@@H](C)O[C@H](C)C2)cc1. The molecule has 1 heterocycles. The molecule has 0 radical (unpaired) electrons. The molecule has 2 rings (SSSR count). The molecule has 1 aromatic carbocycles. The predicted molar refractivity (Wildman–Crippen MR) is 99.1 cm³/mol. The van der Waals surface area contributed by atoms with Crippen molar-refractivity contribution in [2.24, 2.45) is 5.92 Å². The third-order valence-corrected chi connectivity index (χ3v) is 5.27. The molecule has 23 heavy (non-hydrogen) atoms. The molecule has 0 aliphatic carbocycles. The molecule has 1 fully saturated rings. The van der Waals surface area contributed by atoms with Gasteiger partial charge < -0.3 is 4.74 Å². The third kappa shape index (κ3) is 5.32. The third-order valence-electron chi connectivity index (χ3n) is 5.27. The molecule has 1 unspecified atom stereocenters. The first-order chi connectivity index (χ1) is 10.8. The van der Waals surface area contributed by atoms with Gasteiger partial charge in [0.15, 0.2) is 0 Å². The lowest BCUT2D eigenvalue weighted by atomic mass is 9.82. The van der Waals surface area contributed by atoms with E-state index in [0.717, 1.165) is 19.5 Å². The van der Waals surface area contributed by atoms with Gasteiger partial charge in [0.1, 0.15) is 0 Å². The van der Waals surface area contributed by atoms with Crippen LogP contribution in [0.2, 0.25) is 0 Å². The van der Waals surface area contributed by atoms with E-state index in [1.54, 1.807) is 0 Å². The fourth-order valence-corrected chi connectivity index (χ4v) is 3.64. The molecule has 0 aromatic heterocycles. The van der Waals surface area contributed by atoms with Crippen LogP contribution in [0, 0.1) is 5.92 Å². The lowest BCUT2D eigenvalue weighted by Crippen LogP contribution is -2.47. The lowest BCUT2D eigenvalue weighted by Gasteiger charge is -2.36. The van der Waals surface area contributed by atoms with Crippen molar-refractivity contribution >= 4 is 0 Å². The van der Waals surface area contributed by atoms with Gasteiger partial charge in [-0.25, -0.2) is 0 Å². The average molecular weight is 318 g/mol.